The molecule has 0 rings (SSSR count). The van der Waals surface area contributed by atoms with Crippen molar-refractivity contribution in [1.82, 2.24) is 0 Å². The van der Waals surface area contributed by atoms with E-state index in [0.717, 1.165) is 0 Å². The molecule has 1 atom stereocenters. The van der Waals surface area contributed by atoms with Gasteiger partial charge in [-0.05, 0) is 6.42 Å². The first-order valence-electron chi connectivity index (χ1n) is 3.22. The molecule has 0 aromatic carbocycles. The summed E-state index contributed by atoms with van der Waals surface area (Å²) in [5, 5.41) is 8.52. The summed E-state index contributed by atoms with van der Waals surface area (Å²) in [5.41, 5.74) is 4.81. The summed E-state index contributed by atoms with van der Waals surface area (Å²) < 4.78 is 0. The fourth-order valence-electron chi connectivity index (χ4n) is 0.742. The number of hydrogen-bond acceptors (Lipinski definition) is 2. The maximum absolute atomic E-state index is 10.5. The van der Waals surface area contributed by atoms with E-state index in [9.17, 15) is 9.59 Å². The lowest BCUT2D eigenvalue weighted by Crippen LogP contribution is -2.24. The van der Waals surface area contributed by atoms with E-state index in [1.807, 2.05) is 0 Å². The minimum atomic E-state index is -1.06. The zero-order chi connectivity index (χ0) is 9.02. The van der Waals surface area contributed by atoms with Gasteiger partial charge in [-0.15, -0.1) is 0 Å². The van der Waals surface area contributed by atoms with Gasteiger partial charge in [0.2, 0.25) is 5.91 Å². The van der Waals surface area contributed by atoms with Gasteiger partial charge in [-0.25, -0.2) is 0 Å². The third-order valence-corrected chi connectivity index (χ3v) is 1.44. The molecular weight excluding hydrogens is 146 g/mol. The van der Waals surface area contributed by atoms with Gasteiger partial charge in [0.15, 0.2) is 0 Å². The van der Waals surface area contributed by atoms with Gasteiger partial charge in [-0.1, -0.05) is 13.5 Å². The zero-order valence-corrected chi connectivity index (χ0v) is 6.33. The lowest BCUT2D eigenvalue weighted by Gasteiger charge is -2.08. The molecule has 0 aromatic heterocycles. The molecule has 4 heteroatoms. The molecular formula is C7H11NO3. The van der Waals surface area contributed by atoms with Crippen LogP contribution in [0.4, 0.5) is 0 Å². The van der Waals surface area contributed by atoms with Crippen LogP contribution in [0.25, 0.3) is 0 Å². The van der Waals surface area contributed by atoms with Crippen LogP contribution in [0.1, 0.15) is 13.3 Å². The number of carbonyl (C=O) groups is 2. The molecule has 0 aromatic rings. The highest BCUT2D eigenvalue weighted by atomic mass is 16.4. The normalized spacial score (nSPS) is 12.1. The van der Waals surface area contributed by atoms with Crippen LogP contribution in [0.5, 0.6) is 0 Å². The third-order valence-electron chi connectivity index (χ3n) is 1.44. The van der Waals surface area contributed by atoms with E-state index in [0.29, 0.717) is 6.42 Å². The van der Waals surface area contributed by atoms with Gasteiger partial charge in [-0.3, -0.25) is 9.59 Å². The van der Waals surface area contributed by atoms with Gasteiger partial charge in [0.25, 0.3) is 0 Å². The van der Waals surface area contributed by atoms with Crippen LogP contribution in [0.15, 0.2) is 12.2 Å². The predicted octanol–water partition coefficient (Wildman–Crippen LogP) is 0.139. The minimum Gasteiger partial charge on any atom is -0.481 e. The molecule has 0 bridgehead atoms. The SMILES string of the molecule is C=C(C(N)=O)C(CC)C(=O)O. The van der Waals surface area contributed by atoms with E-state index in [1.54, 1.807) is 6.92 Å². The van der Waals surface area contributed by atoms with Gasteiger partial charge in [0, 0.05) is 5.57 Å². The van der Waals surface area contributed by atoms with E-state index < -0.39 is 17.8 Å². The Kier molecular flexibility index (Phi) is 3.30. The second-order valence-corrected chi connectivity index (χ2v) is 2.19. The maximum atomic E-state index is 10.5. The molecule has 1 amide bonds. The van der Waals surface area contributed by atoms with Crippen molar-refractivity contribution in [2.24, 2.45) is 11.7 Å². The molecule has 0 radical (unpaired) electrons. The minimum absolute atomic E-state index is 0.0417. The number of nitrogens with two attached hydrogens (primary N) is 1. The first kappa shape index (κ1) is 9.68. The summed E-state index contributed by atoms with van der Waals surface area (Å²) in [4.78, 5) is 20.9. The Balaban J connectivity index is 4.39. The van der Waals surface area contributed by atoms with Gasteiger partial charge in [-0.2, -0.15) is 0 Å². The number of primary amides is 1. The fourth-order valence-corrected chi connectivity index (χ4v) is 0.742. The summed E-state index contributed by atoms with van der Waals surface area (Å²) in [5.74, 6) is -2.65. The van der Waals surface area contributed by atoms with Crippen molar-refractivity contribution in [2.75, 3.05) is 0 Å². The number of carboxylic acids is 1. The summed E-state index contributed by atoms with van der Waals surface area (Å²) in [6, 6.07) is 0. The standard InChI is InChI=1S/C7H11NO3/c1-3-5(7(10)11)4(2)6(8)9/h5H,2-3H2,1H3,(H2,8,9)(H,10,11). The van der Waals surface area contributed by atoms with Crippen molar-refractivity contribution in [3.05, 3.63) is 12.2 Å². The second-order valence-electron chi connectivity index (χ2n) is 2.19. The van der Waals surface area contributed by atoms with Crippen LogP contribution in [0.2, 0.25) is 0 Å². The highest BCUT2D eigenvalue weighted by molar-refractivity contribution is 5.96. The van der Waals surface area contributed by atoms with Crippen molar-refractivity contribution < 1.29 is 14.7 Å². The number of carbonyl (C=O) groups excluding carboxylic acids is 1. The van der Waals surface area contributed by atoms with Crippen LogP contribution >= 0.6 is 0 Å². The number of hydrogen-bond donors (Lipinski definition) is 2. The van der Waals surface area contributed by atoms with Gasteiger partial charge in [0.05, 0.1) is 5.92 Å². The van der Waals surface area contributed by atoms with Gasteiger partial charge >= 0.3 is 5.97 Å². The Hall–Kier alpha value is -1.32. The van der Waals surface area contributed by atoms with Crippen molar-refractivity contribution >= 4 is 11.9 Å². The molecule has 0 aliphatic carbocycles. The van der Waals surface area contributed by atoms with Crippen LogP contribution in [-0.2, 0) is 9.59 Å². The first-order chi connectivity index (χ1) is 5.00. The van der Waals surface area contributed by atoms with Crippen molar-refractivity contribution in [3.63, 3.8) is 0 Å². The third kappa shape index (κ3) is 2.41. The predicted molar refractivity (Wildman–Crippen MR) is 39.8 cm³/mol. The zero-order valence-electron chi connectivity index (χ0n) is 6.33. The van der Waals surface area contributed by atoms with Crippen molar-refractivity contribution in [1.29, 1.82) is 0 Å². The van der Waals surface area contributed by atoms with E-state index in [1.165, 1.54) is 0 Å². The van der Waals surface area contributed by atoms with Crippen LogP contribution in [0, 0.1) is 5.92 Å². The lowest BCUT2D eigenvalue weighted by molar-refractivity contribution is -0.141. The molecule has 0 fully saturated rings. The second kappa shape index (κ2) is 3.75. The van der Waals surface area contributed by atoms with Crippen LogP contribution in [0.3, 0.4) is 0 Å². The molecule has 0 aliphatic heterocycles. The van der Waals surface area contributed by atoms with E-state index in [4.69, 9.17) is 10.8 Å². The first-order valence-corrected chi connectivity index (χ1v) is 3.22. The average Bonchev–Trinajstić information content (AvgIpc) is 1.88. The molecule has 11 heavy (non-hydrogen) atoms. The molecule has 4 nitrogen and oxygen atoms in total. The van der Waals surface area contributed by atoms with Crippen LogP contribution in [-0.4, -0.2) is 17.0 Å². The van der Waals surface area contributed by atoms with E-state index in [-0.39, 0.29) is 5.57 Å². The number of amides is 1. The molecule has 62 valence electrons. The van der Waals surface area contributed by atoms with Gasteiger partial charge in [0.1, 0.15) is 0 Å². The Morgan fingerprint density at radius 2 is 2.09 bits per heavy atom. The van der Waals surface area contributed by atoms with E-state index in [2.05, 4.69) is 6.58 Å². The molecule has 3 N–H and O–H groups in total. The summed E-state index contributed by atoms with van der Waals surface area (Å²) in [6.45, 7) is 4.95. The summed E-state index contributed by atoms with van der Waals surface area (Å²) >= 11 is 0. The molecule has 0 spiro atoms. The topological polar surface area (TPSA) is 80.4 Å². The lowest BCUT2D eigenvalue weighted by atomic mass is 9.98. The van der Waals surface area contributed by atoms with Crippen LogP contribution < -0.4 is 5.73 Å². The smallest absolute Gasteiger partial charge is 0.311 e. The molecule has 0 aliphatic rings. The average molecular weight is 157 g/mol. The van der Waals surface area contributed by atoms with Crippen molar-refractivity contribution in [3.8, 4) is 0 Å². The molecule has 1 unspecified atom stereocenters. The van der Waals surface area contributed by atoms with Gasteiger partial charge < -0.3 is 10.8 Å². The number of carboxylic acid groups (broad SMARTS) is 1. The maximum Gasteiger partial charge on any atom is 0.311 e. The Morgan fingerprint density at radius 1 is 1.64 bits per heavy atom. The molecule has 0 saturated carbocycles. The van der Waals surface area contributed by atoms with Crippen molar-refractivity contribution in [2.45, 2.75) is 13.3 Å². The Bertz CT molecular complexity index is 198. The summed E-state index contributed by atoms with van der Waals surface area (Å²) in [6.07, 6.45) is 0.330. The highest BCUT2D eigenvalue weighted by Crippen LogP contribution is 2.12. The largest absolute Gasteiger partial charge is 0.481 e. The number of aliphatic carboxylic acids is 1. The Labute approximate surface area is 64.7 Å². The van der Waals surface area contributed by atoms with E-state index >= 15 is 0 Å². The highest BCUT2D eigenvalue weighted by Gasteiger charge is 2.21. The quantitative estimate of drug-likeness (QED) is 0.569. The molecule has 0 heterocycles. The number of rotatable bonds is 4. The Morgan fingerprint density at radius 3 is 2.18 bits per heavy atom. The summed E-state index contributed by atoms with van der Waals surface area (Å²) in [7, 11) is 0. The fraction of sp³-hybridized carbons (Fsp3) is 0.429. The monoisotopic (exact) mass is 157 g/mol. The molecule has 0 saturated heterocycles.